The normalized spacial score (nSPS) is 26.0. The summed E-state index contributed by atoms with van der Waals surface area (Å²) < 4.78 is 0. The molecule has 0 saturated carbocycles. The van der Waals surface area contributed by atoms with Crippen molar-refractivity contribution in [3.05, 3.63) is 12.2 Å². The van der Waals surface area contributed by atoms with Crippen LogP contribution in [-0.4, -0.2) is 11.4 Å². The Morgan fingerprint density at radius 3 is 2.91 bits per heavy atom. The Kier molecular flexibility index (Phi) is 3.36. The molecular formula is C8H12N2S. The third kappa shape index (κ3) is 2.19. The molecule has 0 spiro atoms. The maximum absolute atomic E-state index is 6.90. The summed E-state index contributed by atoms with van der Waals surface area (Å²) >= 11 is 4.79. The lowest BCUT2D eigenvalue weighted by Gasteiger charge is -2.19. The molecule has 0 bridgehead atoms. The van der Waals surface area contributed by atoms with Crippen LogP contribution < -0.4 is 0 Å². The summed E-state index contributed by atoms with van der Waals surface area (Å²) in [4.78, 5) is 0. The first-order valence-electron chi connectivity index (χ1n) is 3.85. The molecule has 0 aromatic rings. The van der Waals surface area contributed by atoms with E-state index in [4.69, 9.17) is 17.7 Å². The van der Waals surface area contributed by atoms with E-state index < -0.39 is 0 Å². The van der Waals surface area contributed by atoms with Crippen molar-refractivity contribution in [2.24, 2.45) is 11.0 Å². The predicted octanol–water partition coefficient (Wildman–Crippen LogP) is 2.74. The Hall–Kier alpha value is -0.570. The molecule has 0 aromatic heterocycles. The minimum atomic E-state index is -0.0325. The third-order valence-electron chi connectivity index (χ3n) is 2.08. The highest BCUT2D eigenvalue weighted by Crippen LogP contribution is 2.22. The molecule has 0 aromatic carbocycles. The smallest absolute Gasteiger partial charge is 0.102 e. The average Bonchev–Trinajstić information content (AvgIpc) is 2.09. The largest absolute Gasteiger partial charge is 0.209 e. The molecule has 0 fully saturated rings. The molecule has 0 heterocycles. The zero-order valence-corrected chi connectivity index (χ0v) is 7.18. The second-order valence-electron chi connectivity index (χ2n) is 2.80. The van der Waals surface area contributed by atoms with Crippen molar-refractivity contribution in [1.82, 2.24) is 0 Å². The number of rotatable bonds is 3. The molecule has 60 valence electrons. The van der Waals surface area contributed by atoms with Crippen LogP contribution in [-0.2, 0) is 0 Å². The van der Waals surface area contributed by atoms with Gasteiger partial charge in [-0.15, -0.1) is 0 Å². The van der Waals surface area contributed by atoms with E-state index in [1.54, 1.807) is 5.37 Å². The predicted molar refractivity (Wildman–Crippen MR) is 49.1 cm³/mol. The van der Waals surface area contributed by atoms with Gasteiger partial charge < -0.3 is 0 Å². The van der Waals surface area contributed by atoms with Crippen LogP contribution in [0.15, 0.2) is 17.3 Å². The van der Waals surface area contributed by atoms with Crippen molar-refractivity contribution >= 4 is 17.6 Å². The number of nitrogens with zero attached hydrogens (tertiary/aromatic N) is 1. The monoisotopic (exact) mass is 168 g/mol. The first-order chi connectivity index (χ1) is 5.38. The Balaban J connectivity index is 2.50. The second kappa shape index (κ2) is 4.34. The number of nitrogens with one attached hydrogen (secondary N) is 1. The molecule has 0 radical (unpaired) electrons. The molecule has 1 aliphatic rings. The van der Waals surface area contributed by atoms with Gasteiger partial charge in [-0.1, -0.05) is 24.4 Å². The molecule has 1 rings (SSSR count). The van der Waals surface area contributed by atoms with Crippen molar-refractivity contribution in [2.45, 2.75) is 25.3 Å². The van der Waals surface area contributed by atoms with E-state index in [0.29, 0.717) is 5.92 Å². The summed E-state index contributed by atoms with van der Waals surface area (Å²) in [6.07, 6.45) is 7.60. The van der Waals surface area contributed by atoms with Crippen LogP contribution in [0.5, 0.6) is 0 Å². The average molecular weight is 168 g/mol. The molecule has 0 aliphatic heterocycles. The maximum atomic E-state index is 6.90. The van der Waals surface area contributed by atoms with Crippen LogP contribution in [0.4, 0.5) is 0 Å². The van der Waals surface area contributed by atoms with Gasteiger partial charge in [0.25, 0.3) is 0 Å². The van der Waals surface area contributed by atoms with E-state index in [-0.39, 0.29) is 6.04 Å². The van der Waals surface area contributed by atoms with Gasteiger partial charge in [-0.25, -0.2) is 5.53 Å². The number of thiocarbonyl (C=S) groups is 1. The Labute approximate surface area is 72.2 Å². The highest BCUT2D eigenvalue weighted by molar-refractivity contribution is 7.79. The minimum absolute atomic E-state index is 0.0325. The fourth-order valence-corrected chi connectivity index (χ4v) is 1.66. The van der Waals surface area contributed by atoms with Crippen LogP contribution in [0.3, 0.4) is 0 Å². The van der Waals surface area contributed by atoms with Gasteiger partial charge in [-0.3, -0.25) is 0 Å². The van der Waals surface area contributed by atoms with Gasteiger partial charge >= 0.3 is 0 Å². The Bertz CT molecular complexity index is 169. The number of hydrogen-bond donors (Lipinski definition) is 1. The summed E-state index contributed by atoms with van der Waals surface area (Å²) in [5.41, 5.74) is 6.90. The first-order valence-corrected chi connectivity index (χ1v) is 4.32. The molecule has 2 unspecified atom stereocenters. The lowest BCUT2D eigenvalue weighted by molar-refractivity contribution is 0.443. The van der Waals surface area contributed by atoms with Gasteiger partial charge in [0.1, 0.15) is 6.04 Å². The van der Waals surface area contributed by atoms with Crippen molar-refractivity contribution in [3.63, 3.8) is 0 Å². The molecule has 2 nitrogen and oxygen atoms in total. The van der Waals surface area contributed by atoms with E-state index >= 15 is 0 Å². The molecule has 11 heavy (non-hydrogen) atoms. The first kappa shape index (κ1) is 8.53. The van der Waals surface area contributed by atoms with E-state index in [9.17, 15) is 0 Å². The second-order valence-corrected chi connectivity index (χ2v) is 3.07. The van der Waals surface area contributed by atoms with Gasteiger partial charge in [0.2, 0.25) is 0 Å². The Morgan fingerprint density at radius 2 is 2.45 bits per heavy atom. The fraction of sp³-hybridized carbons (Fsp3) is 0.625. The van der Waals surface area contributed by atoms with Gasteiger partial charge in [0, 0.05) is 5.37 Å². The van der Waals surface area contributed by atoms with Gasteiger partial charge in [-0.2, -0.15) is 5.11 Å². The molecular weight excluding hydrogens is 156 g/mol. The van der Waals surface area contributed by atoms with Crippen molar-refractivity contribution in [1.29, 1.82) is 5.53 Å². The standard InChI is InChI=1S/C8H12N2S/c9-10-8(6-11)7-4-2-1-3-5-7/h1-2,6-9H,3-5H2. The summed E-state index contributed by atoms with van der Waals surface area (Å²) in [6, 6.07) is -0.0325. The SMILES string of the molecule is N=NC(C=S)C1CC=CCC1. The summed E-state index contributed by atoms with van der Waals surface area (Å²) in [7, 11) is 0. The van der Waals surface area contributed by atoms with Crippen LogP contribution in [0.1, 0.15) is 19.3 Å². The fourth-order valence-electron chi connectivity index (χ4n) is 1.37. The van der Waals surface area contributed by atoms with E-state index in [2.05, 4.69) is 17.3 Å². The summed E-state index contributed by atoms with van der Waals surface area (Å²) in [5, 5.41) is 5.09. The molecule has 2 atom stereocenters. The molecule has 1 aliphatic carbocycles. The van der Waals surface area contributed by atoms with E-state index in [0.717, 1.165) is 19.3 Å². The molecule has 0 saturated heterocycles. The highest BCUT2D eigenvalue weighted by Gasteiger charge is 2.18. The zero-order chi connectivity index (χ0) is 8.10. The van der Waals surface area contributed by atoms with E-state index in [1.807, 2.05) is 0 Å². The van der Waals surface area contributed by atoms with Crippen molar-refractivity contribution in [3.8, 4) is 0 Å². The number of hydrogen-bond acceptors (Lipinski definition) is 3. The molecule has 0 amide bonds. The van der Waals surface area contributed by atoms with Crippen LogP contribution in [0.2, 0.25) is 0 Å². The lowest BCUT2D eigenvalue weighted by atomic mass is 9.89. The van der Waals surface area contributed by atoms with E-state index in [1.165, 1.54) is 0 Å². The lowest BCUT2D eigenvalue weighted by Crippen LogP contribution is -2.19. The molecule has 1 N–H and O–H groups in total. The molecule has 3 heteroatoms. The van der Waals surface area contributed by atoms with Crippen LogP contribution >= 0.6 is 12.2 Å². The highest BCUT2D eigenvalue weighted by atomic mass is 32.1. The van der Waals surface area contributed by atoms with Crippen LogP contribution in [0, 0.1) is 11.4 Å². The zero-order valence-electron chi connectivity index (χ0n) is 6.36. The van der Waals surface area contributed by atoms with Gasteiger partial charge in [-0.05, 0) is 25.2 Å². The van der Waals surface area contributed by atoms with Crippen molar-refractivity contribution in [2.75, 3.05) is 0 Å². The summed E-state index contributed by atoms with van der Waals surface area (Å²) in [5.74, 6) is 0.481. The third-order valence-corrected chi connectivity index (χ3v) is 2.36. The number of allylic oxidation sites excluding steroid dienone is 2. The van der Waals surface area contributed by atoms with Gasteiger partial charge in [0.05, 0.1) is 0 Å². The quantitative estimate of drug-likeness (QED) is 0.392. The minimum Gasteiger partial charge on any atom is -0.209 e. The summed E-state index contributed by atoms with van der Waals surface area (Å²) in [6.45, 7) is 0. The van der Waals surface area contributed by atoms with Gasteiger partial charge in [0.15, 0.2) is 0 Å². The maximum Gasteiger partial charge on any atom is 0.102 e. The van der Waals surface area contributed by atoms with Crippen LogP contribution in [0.25, 0.3) is 0 Å². The Morgan fingerprint density at radius 1 is 1.64 bits per heavy atom. The topological polar surface area (TPSA) is 36.2 Å². The van der Waals surface area contributed by atoms with Crippen molar-refractivity contribution < 1.29 is 0 Å².